The van der Waals surface area contributed by atoms with Crippen LogP contribution in [0, 0.1) is 0 Å². The summed E-state index contributed by atoms with van der Waals surface area (Å²) in [6.45, 7) is 4.09. The third kappa shape index (κ3) is 6.81. The summed E-state index contributed by atoms with van der Waals surface area (Å²) in [5, 5.41) is 0. The number of rotatable bonds is 2. The SMILES string of the molecule is CCO[P](C)(=O)[Zn]. The third-order valence-corrected chi connectivity index (χ3v) is 2.36. The van der Waals surface area contributed by atoms with Crippen molar-refractivity contribution in [3.63, 3.8) is 0 Å². The van der Waals surface area contributed by atoms with Crippen LogP contribution in [0.15, 0.2) is 0 Å². The molecule has 0 fully saturated rings. The van der Waals surface area contributed by atoms with Crippen LogP contribution >= 0.6 is 5.70 Å². The Hall–Kier alpha value is 0.813. The molecule has 0 aliphatic heterocycles. The summed E-state index contributed by atoms with van der Waals surface area (Å²) in [4.78, 5) is 0. The summed E-state index contributed by atoms with van der Waals surface area (Å²) in [7, 11) is 0. The maximum absolute atomic E-state index is 10.6. The predicted molar refractivity (Wildman–Crippen MR) is 25.2 cm³/mol. The first kappa shape index (κ1) is 7.81. The van der Waals surface area contributed by atoms with Crippen molar-refractivity contribution in [1.29, 1.82) is 0 Å². The summed E-state index contributed by atoms with van der Waals surface area (Å²) in [6, 6.07) is 0. The third-order valence-electron chi connectivity index (χ3n) is 0.402. The Labute approximate surface area is 53.3 Å². The molecule has 1 unspecified atom stereocenters. The molecule has 0 rings (SSSR count). The van der Waals surface area contributed by atoms with E-state index in [1.807, 2.05) is 6.92 Å². The molecule has 1 atom stereocenters. The summed E-state index contributed by atoms with van der Waals surface area (Å²) in [5.74, 6) is 0. The van der Waals surface area contributed by atoms with Gasteiger partial charge >= 0.3 is 52.8 Å². The van der Waals surface area contributed by atoms with Crippen LogP contribution in [0.1, 0.15) is 6.92 Å². The first-order valence-corrected chi connectivity index (χ1v) is 8.36. The second-order valence-electron chi connectivity index (χ2n) is 1.43. The van der Waals surface area contributed by atoms with E-state index in [-0.39, 0.29) is 0 Å². The second kappa shape index (κ2) is 2.96. The molecule has 0 aromatic heterocycles. The Bertz CT molecular complexity index is 86.9. The van der Waals surface area contributed by atoms with Gasteiger partial charge in [0.1, 0.15) is 0 Å². The predicted octanol–water partition coefficient (Wildman–Crippen LogP) is 1.39. The summed E-state index contributed by atoms with van der Waals surface area (Å²) < 4.78 is 15.5. The van der Waals surface area contributed by atoms with Gasteiger partial charge < -0.3 is 0 Å². The van der Waals surface area contributed by atoms with Crippen LogP contribution in [0.5, 0.6) is 0 Å². The second-order valence-corrected chi connectivity index (χ2v) is 10.9. The first-order valence-electron chi connectivity index (χ1n) is 2.12. The van der Waals surface area contributed by atoms with Crippen LogP contribution in [0.4, 0.5) is 0 Å². The zero-order valence-corrected chi connectivity index (χ0v) is 8.54. The molecule has 39 valence electrons. The van der Waals surface area contributed by atoms with Gasteiger partial charge in [0.25, 0.3) is 0 Å². The van der Waals surface area contributed by atoms with Crippen molar-refractivity contribution in [3.05, 3.63) is 0 Å². The molecule has 0 saturated heterocycles. The van der Waals surface area contributed by atoms with E-state index in [2.05, 4.69) is 0 Å². The molecule has 0 amide bonds. The Balaban J connectivity index is 3.36. The van der Waals surface area contributed by atoms with Crippen LogP contribution in [0.3, 0.4) is 0 Å². The van der Waals surface area contributed by atoms with E-state index >= 15 is 0 Å². The van der Waals surface area contributed by atoms with Gasteiger partial charge in [-0.1, -0.05) is 0 Å². The number of hydrogen-bond acceptors (Lipinski definition) is 2. The maximum atomic E-state index is 10.6. The molecular formula is C3H8O2PZn. The van der Waals surface area contributed by atoms with Gasteiger partial charge in [-0.2, -0.15) is 0 Å². The van der Waals surface area contributed by atoms with Crippen molar-refractivity contribution in [3.8, 4) is 0 Å². The van der Waals surface area contributed by atoms with E-state index in [0.717, 1.165) is 17.8 Å². The Morgan fingerprint density at radius 2 is 2.29 bits per heavy atom. The molecule has 4 heteroatoms. The van der Waals surface area contributed by atoms with Gasteiger partial charge in [0.05, 0.1) is 0 Å². The van der Waals surface area contributed by atoms with Crippen molar-refractivity contribution in [2.24, 2.45) is 0 Å². The molecule has 0 heterocycles. The standard InChI is InChI=1S/C3H8O2P.Zn/c1-3-5-6(2)4;/h3H2,1-2H3;/q+1;-1. The molecule has 0 saturated carbocycles. The average molecular weight is 172 g/mol. The van der Waals surface area contributed by atoms with Gasteiger partial charge in [-0.05, 0) is 0 Å². The molecule has 0 bridgehead atoms. The first-order chi connectivity index (χ1) is 3.06. The summed E-state index contributed by atoms with van der Waals surface area (Å²) in [6.07, 6.45) is 0. The fourth-order valence-electron chi connectivity index (χ4n) is 0.273. The zero-order valence-electron chi connectivity index (χ0n) is 4.68. The summed E-state index contributed by atoms with van der Waals surface area (Å²) in [5.41, 5.74) is -2.04. The van der Waals surface area contributed by atoms with Crippen molar-refractivity contribution >= 4 is 5.70 Å². The van der Waals surface area contributed by atoms with Crippen molar-refractivity contribution in [2.75, 3.05) is 13.3 Å². The molecular weight excluding hydrogens is 164 g/mol. The quantitative estimate of drug-likeness (QED) is 0.465. The normalized spacial score (nSPS) is 18.9. The van der Waals surface area contributed by atoms with Gasteiger partial charge in [-0.3, -0.25) is 0 Å². The van der Waals surface area contributed by atoms with Crippen LogP contribution in [-0.2, 0) is 26.9 Å². The van der Waals surface area contributed by atoms with Crippen molar-refractivity contribution < 1.29 is 26.9 Å². The van der Waals surface area contributed by atoms with E-state index in [1.165, 1.54) is 0 Å². The zero-order chi connectivity index (χ0) is 5.91. The minimum absolute atomic E-state index is 0.577. The number of hydrogen-bond donors (Lipinski definition) is 0. The molecule has 0 aliphatic rings. The topological polar surface area (TPSA) is 26.3 Å². The molecule has 7 heavy (non-hydrogen) atoms. The fourth-order valence-corrected chi connectivity index (χ4v) is 1.97. The fraction of sp³-hybridized carbons (Fsp3) is 1.00. The molecule has 0 spiro atoms. The summed E-state index contributed by atoms with van der Waals surface area (Å²) >= 11 is 0.765. The Morgan fingerprint density at radius 3 is 2.29 bits per heavy atom. The van der Waals surface area contributed by atoms with Crippen LogP contribution in [0.2, 0.25) is 0 Å². The van der Waals surface area contributed by atoms with Gasteiger partial charge in [0.15, 0.2) is 0 Å². The molecule has 0 aromatic rings. The van der Waals surface area contributed by atoms with Gasteiger partial charge in [-0.15, -0.1) is 0 Å². The van der Waals surface area contributed by atoms with Crippen molar-refractivity contribution in [1.82, 2.24) is 0 Å². The monoisotopic (exact) mass is 171 g/mol. The van der Waals surface area contributed by atoms with Gasteiger partial charge in [0.2, 0.25) is 0 Å². The Morgan fingerprint density at radius 1 is 1.86 bits per heavy atom. The molecule has 0 N–H and O–H groups in total. The van der Waals surface area contributed by atoms with Crippen molar-refractivity contribution in [2.45, 2.75) is 6.92 Å². The van der Waals surface area contributed by atoms with E-state index in [4.69, 9.17) is 4.52 Å². The Kier molecular flexibility index (Phi) is 3.31. The minimum atomic E-state index is -2.04. The van der Waals surface area contributed by atoms with E-state index in [1.54, 1.807) is 6.66 Å². The van der Waals surface area contributed by atoms with E-state index < -0.39 is 5.70 Å². The molecule has 0 aliphatic carbocycles. The average Bonchev–Trinajstić information content (AvgIpc) is 1.30. The molecule has 2 nitrogen and oxygen atoms in total. The van der Waals surface area contributed by atoms with Crippen LogP contribution in [-0.4, -0.2) is 13.3 Å². The van der Waals surface area contributed by atoms with Gasteiger partial charge in [-0.25, -0.2) is 0 Å². The van der Waals surface area contributed by atoms with E-state index in [0.29, 0.717) is 6.61 Å². The van der Waals surface area contributed by atoms with E-state index in [9.17, 15) is 4.57 Å². The molecule has 0 radical (unpaired) electrons. The van der Waals surface area contributed by atoms with Gasteiger partial charge in [0, 0.05) is 0 Å². The van der Waals surface area contributed by atoms with Crippen LogP contribution in [0.25, 0.3) is 0 Å². The molecule has 0 aromatic carbocycles. The van der Waals surface area contributed by atoms with Crippen LogP contribution < -0.4 is 0 Å².